The molecular formula is H2AlBiO3Ti. The second-order valence-corrected chi connectivity index (χ2v) is 0. The number of rotatable bonds is 0. The van der Waals surface area contributed by atoms with Crippen molar-refractivity contribution in [3.05, 3.63) is 0 Å². The summed E-state index contributed by atoms with van der Waals surface area (Å²) in [7, 11) is 0. The van der Waals surface area contributed by atoms with Crippen molar-refractivity contribution in [1.29, 1.82) is 0 Å². The van der Waals surface area contributed by atoms with Gasteiger partial charge in [-0.3, -0.25) is 0 Å². The van der Waals surface area contributed by atoms with Crippen molar-refractivity contribution in [3.63, 3.8) is 0 Å². The molecule has 32 valence electrons. The van der Waals surface area contributed by atoms with Gasteiger partial charge in [0.25, 0.3) is 0 Å². The molecule has 0 fully saturated rings. The Morgan fingerprint density at radius 2 is 1.17 bits per heavy atom. The predicted octanol–water partition coefficient (Wildman–Crippen LogP) is -1.66. The van der Waals surface area contributed by atoms with E-state index in [0.717, 1.165) is 20.4 Å². The van der Waals surface area contributed by atoms with Crippen LogP contribution in [-0.2, 0) is 30.3 Å². The maximum absolute atomic E-state index is 8.39. The average molecular weight is 334 g/mol. The molecule has 3 nitrogen and oxygen atoms in total. The Bertz CT molecular complexity index is 15.5. The molecule has 0 aromatic carbocycles. The first-order chi connectivity index (χ1) is 3.00. The third-order valence-corrected chi connectivity index (χ3v) is 0. The summed E-state index contributed by atoms with van der Waals surface area (Å²) in [6.45, 7) is 0. The van der Waals surface area contributed by atoms with Gasteiger partial charge in [0.05, 0.1) is 0 Å². The van der Waals surface area contributed by atoms with Gasteiger partial charge in [0.1, 0.15) is 0 Å². The van der Waals surface area contributed by atoms with Crippen LogP contribution in [0.2, 0.25) is 0 Å². The fraction of sp³-hybridized carbons (Fsp3) is 0. The average Bonchev–Trinajstić information content (AvgIpc) is 1.81. The molecule has 0 saturated heterocycles. The fourth-order valence-electron chi connectivity index (χ4n) is 0. The molecule has 0 radical (unpaired) electrons. The van der Waals surface area contributed by atoms with Crippen molar-refractivity contribution in [2.75, 3.05) is 0 Å². The molecule has 0 unspecified atom stereocenters. The Hall–Kier alpha value is 1.53. The summed E-state index contributed by atoms with van der Waals surface area (Å²) in [5.74, 6) is 0. The summed E-state index contributed by atoms with van der Waals surface area (Å²) < 4.78 is 24.9. The van der Waals surface area contributed by atoms with Gasteiger partial charge in [0.2, 0.25) is 0 Å². The van der Waals surface area contributed by atoms with Crippen LogP contribution in [0.5, 0.6) is 0 Å². The van der Waals surface area contributed by atoms with Crippen LogP contribution in [0.15, 0.2) is 0 Å². The van der Waals surface area contributed by atoms with E-state index in [4.69, 9.17) is 9.94 Å². The van der Waals surface area contributed by atoms with Crippen LogP contribution in [0, 0.1) is 0 Å². The first-order valence-electron chi connectivity index (χ1n) is 0.697. The Morgan fingerprint density at radius 1 is 1.17 bits per heavy atom. The predicted molar refractivity (Wildman–Crippen MR) is 16.4 cm³/mol. The van der Waals surface area contributed by atoms with Crippen molar-refractivity contribution in [3.8, 4) is 0 Å². The van der Waals surface area contributed by atoms with Gasteiger partial charge in [-0.1, -0.05) is 0 Å². The zero-order valence-corrected chi connectivity index (χ0v) is 9.80. The second kappa shape index (κ2) is 85.3. The zero-order valence-electron chi connectivity index (χ0n) is 2.93. The minimum atomic E-state index is 0.0556. The van der Waals surface area contributed by atoms with Crippen LogP contribution in [0.25, 0.3) is 0 Å². The molecule has 0 aromatic rings. The van der Waals surface area contributed by atoms with Crippen LogP contribution in [0.1, 0.15) is 0 Å². The third kappa shape index (κ3) is 48.5. The standard InChI is InChI=1S/Al.Bi.3O.Ti.2H. The van der Waals surface area contributed by atoms with Crippen LogP contribution in [0.4, 0.5) is 0 Å². The molecule has 0 N–H and O–H groups in total. The van der Waals surface area contributed by atoms with Crippen molar-refractivity contribution >= 4 is 40.9 Å². The van der Waals surface area contributed by atoms with E-state index >= 15 is 0 Å². The molecule has 6 heavy (non-hydrogen) atoms. The van der Waals surface area contributed by atoms with Gasteiger partial charge in [0, 0.05) is 0 Å². The molecule has 0 rings (SSSR count). The fourth-order valence-corrected chi connectivity index (χ4v) is 0. The van der Waals surface area contributed by atoms with E-state index in [2.05, 4.69) is 0 Å². The molecule has 0 aliphatic heterocycles. The summed E-state index contributed by atoms with van der Waals surface area (Å²) in [5, 5.41) is 0. The second-order valence-electron chi connectivity index (χ2n) is 0. The molecule has 0 aliphatic carbocycles. The van der Waals surface area contributed by atoms with Gasteiger partial charge in [-0.25, -0.2) is 0 Å². The molecule has 0 heterocycles. The molecule has 0 amide bonds. The van der Waals surface area contributed by atoms with Gasteiger partial charge in [0.15, 0.2) is 0 Å². The summed E-state index contributed by atoms with van der Waals surface area (Å²) in [5.41, 5.74) is 0. The zero-order chi connectivity index (χ0) is 6.00. The van der Waals surface area contributed by atoms with E-state index in [-0.39, 0.29) is 24.7 Å². The van der Waals surface area contributed by atoms with E-state index in [1.807, 2.05) is 0 Å². The summed E-state index contributed by atoms with van der Waals surface area (Å²) in [6, 6.07) is 0. The SMILES string of the molecule is [O]=[AlH].[O]=[BiH].[O]=[Ti]. The molecule has 0 aliphatic rings. The monoisotopic (exact) mass is 334 g/mol. The Kier molecular flexibility index (Phi) is 222. The maximum atomic E-state index is 8.39. The normalized spacial score (nSPS) is 1.67. The summed E-state index contributed by atoms with van der Waals surface area (Å²) in [6.07, 6.45) is 0. The van der Waals surface area contributed by atoms with Gasteiger partial charge >= 0.3 is 71.3 Å². The summed E-state index contributed by atoms with van der Waals surface area (Å²) in [4.78, 5) is 0. The Morgan fingerprint density at radius 3 is 1.17 bits per heavy atom. The van der Waals surface area contributed by atoms with Crippen LogP contribution in [0.3, 0.4) is 0 Å². The molecule has 0 saturated carbocycles. The van der Waals surface area contributed by atoms with E-state index in [9.17, 15) is 0 Å². The van der Waals surface area contributed by atoms with E-state index in [1.54, 1.807) is 0 Å². The first kappa shape index (κ1) is 15.6. The molecular weight excluding hydrogens is 332 g/mol. The number of hydrogen-bond donors (Lipinski definition) is 0. The van der Waals surface area contributed by atoms with Gasteiger partial charge in [-0.05, 0) is 0 Å². The van der Waals surface area contributed by atoms with Crippen molar-refractivity contribution in [1.82, 2.24) is 0 Å². The molecule has 0 atom stereocenters. The molecule has 0 aromatic heterocycles. The van der Waals surface area contributed by atoms with Crippen LogP contribution in [-0.4, -0.2) is 40.9 Å². The van der Waals surface area contributed by atoms with Crippen molar-refractivity contribution in [2.45, 2.75) is 0 Å². The van der Waals surface area contributed by atoms with E-state index in [0.29, 0.717) is 16.2 Å². The Labute approximate surface area is 70.5 Å². The van der Waals surface area contributed by atoms with E-state index < -0.39 is 0 Å². The molecule has 0 bridgehead atoms. The molecule has 0 spiro atoms. The summed E-state index contributed by atoms with van der Waals surface area (Å²) >= 11 is 1.42. The van der Waals surface area contributed by atoms with Gasteiger partial charge in [-0.2, -0.15) is 0 Å². The number of hydrogen-bond acceptors (Lipinski definition) is 3. The Balaban J connectivity index is -0.0000000225. The van der Waals surface area contributed by atoms with Crippen molar-refractivity contribution in [2.24, 2.45) is 0 Å². The third-order valence-electron chi connectivity index (χ3n) is 0. The molecule has 6 heteroatoms. The van der Waals surface area contributed by atoms with Crippen LogP contribution < -0.4 is 0 Å². The first-order valence-corrected chi connectivity index (χ1v) is 3.50. The topological polar surface area (TPSA) is 51.2 Å². The van der Waals surface area contributed by atoms with Gasteiger partial charge in [-0.15, -0.1) is 0 Å². The minimum absolute atomic E-state index is 0.0556. The van der Waals surface area contributed by atoms with Crippen molar-refractivity contribution < 1.29 is 30.3 Å². The van der Waals surface area contributed by atoms with E-state index in [1.165, 1.54) is 0 Å². The quantitative estimate of drug-likeness (QED) is 0.499. The van der Waals surface area contributed by atoms with Crippen LogP contribution >= 0.6 is 0 Å². The van der Waals surface area contributed by atoms with Gasteiger partial charge < -0.3 is 0 Å².